The monoisotopic (exact) mass is 377 g/mol. The van der Waals surface area contributed by atoms with Crippen LogP contribution in [0.5, 0.6) is 0 Å². The number of hydrogen-bond donors (Lipinski definition) is 2. The van der Waals surface area contributed by atoms with Gasteiger partial charge < -0.3 is 10.6 Å². The molecule has 2 aromatic rings. The van der Waals surface area contributed by atoms with Crippen LogP contribution in [0.15, 0.2) is 60.3 Å². The van der Waals surface area contributed by atoms with Crippen LogP contribution in [0.4, 0.5) is 0 Å². The molecule has 5 nitrogen and oxygen atoms in total. The lowest BCUT2D eigenvalue weighted by Gasteiger charge is -2.13. The summed E-state index contributed by atoms with van der Waals surface area (Å²) in [5.74, 6) is -0.435. The molecule has 28 heavy (non-hydrogen) atoms. The van der Waals surface area contributed by atoms with E-state index in [4.69, 9.17) is 0 Å². The van der Waals surface area contributed by atoms with Crippen molar-refractivity contribution in [2.45, 2.75) is 38.5 Å². The van der Waals surface area contributed by atoms with Gasteiger partial charge in [0.2, 0.25) is 0 Å². The number of rotatable bonds is 8. The molecule has 5 heteroatoms. The predicted octanol–water partition coefficient (Wildman–Crippen LogP) is 3.67. The van der Waals surface area contributed by atoms with Gasteiger partial charge in [0, 0.05) is 24.8 Å². The van der Waals surface area contributed by atoms with Crippen LogP contribution >= 0.6 is 0 Å². The van der Waals surface area contributed by atoms with Gasteiger partial charge in [-0.25, -0.2) is 0 Å². The normalized spacial score (nSPS) is 13.5. The van der Waals surface area contributed by atoms with Crippen LogP contribution in [-0.2, 0) is 6.42 Å². The number of carbonyl (C=O) groups excluding carboxylic acids is 2. The molecule has 1 aromatic heterocycles. The highest BCUT2D eigenvalue weighted by atomic mass is 16.2. The van der Waals surface area contributed by atoms with E-state index in [1.807, 2.05) is 30.3 Å². The second-order valence-corrected chi connectivity index (χ2v) is 7.04. The lowest BCUT2D eigenvalue weighted by molar-refractivity contribution is 0.0949. The number of nitrogens with zero attached hydrogens (tertiary/aromatic N) is 1. The third-order valence-electron chi connectivity index (χ3n) is 4.91. The number of pyridine rings is 1. The molecule has 146 valence electrons. The summed E-state index contributed by atoms with van der Waals surface area (Å²) in [7, 11) is 0. The first kappa shape index (κ1) is 19.8. The van der Waals surface area contributed by atoms with E-state index in [0.29, 0.717) is 18.7 Å². The quantitative estimate of drug-likeness (QED) is 0.690. The van der Waals surface area contributed by atoms with Gasteiger partial charge >= 0.3 is 0 Å². The summed E-state index contributed by atoms with van der Waals surface area (Å²) in [5, 5.41) is 5.80. The summed E-state index contributed by atoms with van der Waals surface area (Å²) in [4.78, 5) is 28.8. The van der Waals surface area contributed by atoms with Crippen LogP contribution in [0.3, 0.4) is 0 Å². The van der Waals surface area contributed by atoms with Gasteiger partial charge in [0.25, 0.3) is 11.8 Å². The number of nitrogens with one attached hydrogen (secondary N) is 2. The van der Waals surface area contributed by atoms with Gasteiger partial charge in [-0.2, -0.15) is 0 Å². The average molecular weight is 377 g/mol. The molecule has 0 spiro atoms. The predicted molar refractivity (Wildman–Crippen MR) is 110 cm³/mol. The van der Waals surface area contributed by atoms with Gasteiger partial charge in [0.1, 0.15) is 5.69 Å². The molecule has 1 aliphatic rings. The Kier molecular flexibility index (Phi) is 7.36. The minimum atomic E-state index is -0.266. The molecule has 0 bridgehead atoms. The SMILES string of the molecule is O=C(NCCC1=CCCCC1)c1ccnc(C(=O)NCCc2ccccc2)c1. The van der Waals surface area contributed by atoms with Crippen LogP contribution in [0.1, 0.15) is 58.5 Å². The van der Waals surface area contributed by atoms with E-state index in [9.17, 15) is 9.59 Å². The van der Waals surface area contributed by atoms with E-state index in [1.54, 1.807) is 12.1 Å². The lowest BCUT2D eigenvalue weighted by Crippen LogP contribution is -2.28. The van der Waals surface area contributed by atoms with Crippen molar-refractivity contribution in [3.05, 3.63) is 77.1 Å². The van der Waals surface area contributed by atoms with Crippen molar-refractivity contribution < 1.29 is 9.59 Å². The fourth-order valence-corrected chi connectivity index (χ4v) is 3.32. The van der Waals surface area contributed by atoms with Crippen molar-refractivity contribution in [2.24, 2.45) is 0 Å². The third kappa shape index (κ3) is 6.05. The Labute approximate surface area is 166 Å². The summed E-state index contributed by atoms with van der Waals surface area (Å²) in [5.41, 5.74) is 3.31. The number of amides is 2. The smallest absolute Gasteiger partial charge is 0.269 e. The Hall–Kier alpha value is -2.95. The van der Waals surface area contributed by atoms with Gasteiger partial charge in [-0.3, -0.25) is 14.6 Å². The van der Waals surface area contributed by atoms with Gasteiger partial charge in [0.15, 0.2) is 0 Å². The highest BCUT2D eigenvalue weighted by Gasteiger charge is 2.12. The second kappa shape index (κ2) is 10.4. The molecular weight excluding hydrogens is 350 g/mol. The van der Waals surface area contributed by atoms with E-state index in [0.717, 1.165) is 31.2 Å². The van der Waals surface area contributed by atoms with Gasteiger partial charge in [-0.05, 0) is 56.2 Å². The summed E-state index contributed by atoms with van der Waals surface area (Å²) in [6.45, 7) is 1.14. The van der Waals surface area contributed by atoms with Crippen molar-refractivity contribution in [3.8, 4) is 0 Å². The molecule has 2 amide bonds. The summed E-state index contributed by atoms with van der Waals surface area (Å²) >= 11 is 0. The van der Waals surface area contributed by atoms with Crippen molar-refractivity contribution in [2.75, 3.05) is 13.1 Å². The maximum atomic E-state index is 12.4. The van der Waals surface area contributed by atoms with E-state index in [1.165, 1.54) is 24.6 Å². The molecule has 0 radical (unpaired) electrons. The van der Waals surface area contributed by atoms with Crippen LogP contribution in [0.2, 0.25) is 0 Å². The van der Waals surface area contributed by atoms with E-state index >= 15 is 0 Å². The zero-order valence-corrected chi connectivity index (χ0v) is 16.1. The summed E-state index contributed by atoms with van der Waals surface area (Å²) in [6.07, 6.45) is 10.2. The lowest BCUT2D eigenvalue weighted by atomic mass is 9.97. The molecule has 0 unspecified atom stereocenters. The topological polar surface area (TPSA) is 71.1 Å². The number of allylic oxidation sites excluding steroid dienone is 1. The molecule has 0 saturated carbocycles. The molecule has 1 aromatic carbocycles. The standard InChI is InChI=1S/C23H27N3O2/c27-22(25-14-11-18-7-3-1-4-8-18)20-13-16-24-21(17-20)23(28)26-15-12-19-9-5-2-6-10-19/h2,5-7,9-10,13,16-17H,1,3-4,8,11-12,14-15H2,(H,25,27)(H,26,28). The van der Waals surface area contributed by atoms with Crippen molar-refractivity contribution >= 4 is 11.8 Å². The maximum absolute atomic E-state index is 12.4. The van der Waals surface area contributed by atoms with E-state index in [-0.39, 0.29) is 17.5 Å². The number of aromatic nitrogens is 1. The van der Waals surface area contributed by atoms with Gasteiger partial charge in [-0.1, -0.05) is 42.0 Å². The highest BCUT2D eigenvalue weighted by molar-refractivity contribution is 5.98. The summed E-state index contributed by atoms with van der Waals surface area (Å²) in [6, 6.07) is 13.2. The fraction of sp³-hybridized carbons (Fsp3) is 0.348. The number of carbonyl (C=O) groups is 2. The first-order chi connectivity index (χ1) is 13.7. The van der Waals surface area contributed by atoms with Crippen molar-refractivity contribution in [3.63, 3.8) is 0 Å². The molecule has 0 aliphatic heterocycles. The maximum Gasteiger partial charge on any atom is 0.269 e. The highest BCUT2D eigenvalue weighted by Crippen LogP contribution is 2.19. The molecule has 0 atom stereocenters. The van der Waals surface area contributed by atoms with Crippen LogP contribution in [-0.4, -0.2) is 29.9 Å². The van der Waals surface area contributed by atoms with Gasteiger partial charge in [-0.15, -0.1) is 0 Å². The summed E-state index contributed by atoms with van der Waals surface area (Å²) < 4.78 is 0. The van der Waals surface area contributed by atoms with Crippen LogP contribution < -0.4 is 10.6 Å². The minimum absolute atomic E-state index is 0.169. The Morgan fingerprint density at radius 2 is 1.71 bits per heavy atom. The molecule has 1 aliphatic carbocycles. The van der Waals surface area contributed by atoms with E-state index < -0.39 is 0 Å². The first-order valence-corrected chi connectivity index (χ1v) is 9.96. The third-order valence-corrected chi connectivity index (χ3v) is 4.91. The molecule has 0 saturated heterocycles. The van der Waals surface area contributed by atoms with E-state index in [2.05, 4.69) is 21.7 Å². The number of hydrogen-bond acceptors (Lipinski definition) is 3. The van der Waals surface area contributed by atoms with Crippen LogP contribution in [0, 0.1) is 0 Å². The van der Waals surface area contributed by atoms with Crippen molar-refractivity contribution in [1.29, 1.82) is 0 Å². The Bertz CT molecular complexity index is 831. The first-order valence-electron chi connectivity index (χ1n) is 9.96. The Morgan fingerprint density at radius 3 is 2.50 bits per heavy atom. The zero-order valence-electron chi connectivity index (χ0n) is 16.1. The Morgan fingerprint density at radius 1 is 0.929 bits per heavy atom. The molecular formula is C23H27N3O2. The number of benzene rings is 1. The van der Waals surface area contributed by atoms with Crippen LogP contribution in [0.25, 0.3) is 0 Å². The molecule has 0 fully saturated rings. The second-order valence-electron chi connectivity index (χ2n) is 7.04. The molecule has 3 rings (SSSR count). The average Bonchev–Trinajstić information content (AvgIpc) is 2.75. The Balaban J connectivity index is 1.47. The fourth-order valence-electron chi connectivity index (χ4n) is 3.32. The largest absolute Gasteiger partial charge is 0.352 e. The minimum Gasteiger partial charge on any atom is -0.352 e. The van der Waals surface area contributed by atoms with Gasteiger partial charge in [0.05, 0.1) is 0 Å². The molecule has 2 N–H and O–H groups in total. The van der Waals surface area contributed by atoms with Crippen molar-refractivity contribution in [1.82, 2.24) is 15.6 Å². The molecule has 1 heterocycles. The zero-order chi connectivity index (χ0) is 19.6.